The van der Waals surface area contributed by atoms with Crippen LogP contribution < -0.4 is 0 Å². The Balaban J connectivity index is 1.22. The van der Waals surface area contributed by atoms with Crippen LogP contribution in [0, 0.1) is 12.7 Å². The van der Waals surface area contributed by atoms with E-state index in [1.165, 1.54) is 35.6 Å². The lowest BCUT2D eigenvalue weighted by Crippen LogP contribution is -2.32. The van der Waals surface area contributed by atoms with Crippen molar-refractivity contribution in [1.82, 2.24) is 25.1 Å². The fourth-order valence-corrected chi connectivity index (χ4v) is 5.47. The molecule has 0 spiro atoms. The molecule has 1 aliphatic heterocycles. The molecule has 2 fully saturated rings. The van der Waals surface area contributed by atoms with Gasteiger partial charge in [-0.05, 0) is 86.9 Å². The summed E-state index contributed by atoms with van der Waals surface area (Å²) < 4.78 is 20.6. The monoisotopic (exact) mass is 473 g/mol. The molecule has 7 heteroatoms. The third-order valence-corrected chi connectivity index (χ3v) is 7.53. The van der Waals surface area contributed by atoms with Crippen molar-refractivity contribution in [3.63, 3.8) is 0 Å². The predicted molar refractivity (Wildman–Crippen MR) is 134 cm³/mol. The summed E-state index contributed by atoms with van der Waals surface area (Å²) in [7, 11) is 0. The lowest BCUT2D eigenvalue weighted by atomic mass is 9.87. The van der Waals surface area contributed by atoms with Gasteiger partial charge in [0.25, 0.3) is 0 Å². The number of H-pyrrole nitrogens is 1. The molecular formula is C28H32FN5O. The van der Waals surface area contributed by atoms with Crippen LogP contribution in [0.25, 0.3) is 22.2 Å². The summed E-state index contributed by atoms with van der Waals surface area (Å²) in [5.74, 6) is 2.55. The van der Waals surface area contributed by atoms with E-state index in [1.54, 1.807) is 0 Å². The van der Waals surface area contributed by atoms with Gasteiger partial charge < -0.3 is 9.40 Å². The van der Waals surface area contributed by atoms with Crippen molar-refractivity contribution >= 4 is 10.9 Å². The van der Waals surface area contributed by atoms with Crippen molar-refractivity contribution in [3.8, 4) is 11.3 Å². The topological polar surface area (TPSA) is 70.8 Å². The van der Waals surface area contributed by atoms with E-state index in [4.69, 9.17) is 4.42 Å². The Morgan fingerprint density at radius 3 is 2.63 bits per heavy atom. The Morgan fingerprint density at radius 2 is 1.89 bits per heavy atom. The van der Waals surface area contributed by atoms with Crippen LogP contribution in [0.2, 0.25) is 0 Å². The first kappa shape index (κ1) is 22.4. The number of nitrogens with zero attached hydrogens (tertiary/aromatic N) is 4. The summed E-state index contributed by atoms with van der Waals surface area (Å²) in [5.41, 5.74) is 5.87. The molecule has 3 aromatic heterocycles. The van der Waals surface area contributed by atoms with Gasteiger partial charge in [-0.2, -0.15) is 0 Å². The normalized spacial score (nSPS) is 17.6. The summed E-state index contributed by atoms with van der Waals surface area (Å²) in [6.45, 7) is 9.02. The van der Waals surface area contributed by atoms with E-state index in [-0.39, 0.29) is 11.7 Å². The highest BCUT2D eigenvalue weighted by atomic mass is 19.1. The lowest BCUT2D eigenvalue weighted by molar-refractivity contribution is 0.186. The summed E-state index contributed by atoms with van der Waals surface area (Å²) in [6.07, 6.45) is 5.87. The number of pyridine rings is 1. The summed E-state index contributed by atoms with van der Waals surface area (Å²) in [6, 6.07) is 8.56. The van der Waals surface area contributed by atoms with Gasteiger partial charge in [0.1, 0.15) is 0 Å². The van der Waals surface area contributed by atoms with Crippen molar-refractivity contribution in [2.24, 2.45) is 0 Å². The predicted octanol–water partition coefficient (Wildman–Crippen LogP) is 6.44. The van der Waals surface area contributed by atoms with Crippen LogP contribution in [0.4, 0.5) is 4.39 Å². The molecule has 0 radical (unpaired) electrons. The molecule has 4 aromatic rings. The van der Waals surface area contributed by atoms with Crippen molar-refractivity contribution in [2.45, 2.75) is 70.8 Å². The Hall–Kier alpha value is -3.06. The highest BCUT2D eigenvalue weighted by molar-refractivity contribution is 5.92. The van der Waals surface area contributed by atoms with Gasteiger partial charge >= 0.3 is 0 Å². The highest BCUT2D eigenvalue weighted by Gasteiger charge is 2.30. The van der Waals surface area contributed by atoms with E-state index < -0.39 is 0 Å². The van der Waals surface area contributed by atoms with Gasteiger partial charge in [0, 0.05) is 28.1 Å². The molecule has 35 heavy (non-hydrogen) atoms. The van der Waals surface area contributed by atoms with Gasteiger partial charge in [0.2, 0.25) is 11.8 Å². The van der Waals surface area contributed by atoms with Gasteiger partial charge in [-0.25, -0.2) is 4.39 Å². The third-order valence-electron chi connectivity index (χ3n) is 7.53. The minimum absolute atomic E-state index is 0.263. The first-order chi connectivity index (χ1) is 17.0. The smallest absolute Gasteiger partial charge is 0.230 e. The Labute approximate surface area is 205 Å². The van der Waals surface area contributed by atoms with Crippen molar-refractivity contribution in [3.05, 3.63) is 64.9 Å². The number of fused-ring (bicyclic) bond motifs is 1. The molecule has 0 atom stereocenters. The van der Waals surface area contributed by atoms with Crippen LogP contribution in [0.5, 0.6) is 0 Å². The van der Waals surface area contributed by atoms with E-state index >= 15 is 0 Å². The Bertz CT molecular complexity index is 1360. The van der Waals surface area contributed by atoms with Gasteiger partial charge in [-0.3, -0.25) is 9.88 Å². The molecule has 6 nitrogen and oxygen atoms in total. The van der Waals surface area contributed by atoms with Crippen LogP contribution >= 0.6 is 0 Å². The highest BCUT2D eigenvalue weighted by Crippen LogP contribution is 2.40. The number of aryl methyl sites for hydroxylation is 1. The minimum Gasteiger partial charge on any atom is -0.424 e. The van der Waals surface area contributed by atoms with Crippen LogP contribution in [-0.2, 0) is 6.54 Å². The zero-order valence-corrected chi connectivity index (χ0v) is 20.6. The molecule has 2 aliphatic rings. The van der Waals surface area contributed by atoms with E-state index in [9.17, 15) is 4.39 Å². The molecule has 1 saturated heterocycles. The molecule has 182 valence electrons. The summed E-state index contributed by atoms with van der Waals surface area (Å²) >= 11 is 0. The van der Waals surface area contributed by atoms with Crippen molar-refractivity contribution in [1.29, 1.82) is 0 Å². The third kappa shape index (κ3) is 4.38. The number of piperidine rings is 1. The van der Waals surface area contributed by atoms with E-state index in [1.807, 2.05) is 13.0 Å². The molecular weight excluding hydrogens is 441 g/mol. The Morgan fingerprint density at radius 1 is 1.09 bits per heavy atom. The lowest BCUT2D eigenvalue weighted by Gasteiger charge is -2.31. The standard InChI is InChI=1S/C28H32FN5O/c1-16(2)26-22-13-20(6-7-24(22)31-27(26)21-12-17(3)30-14-23(21)29)18-8-10-34(11-9-18)15-25-32-33-28(35-25)19-4-5-19/h6-7,12-14,16,18-19,31H,4-5,8-11,15H2,1-3H3. The zero-order valence-electron chi connectivity index (χ0n) is 20.6. The van der Waals surface area contributed by atoms with Crippen LogP contribution in [0.3, 0.4) is 0 Å². The average Bonchev–Trinajstić information content (AvgIpc) is 3.47. The number of rotatable bonds is 6. The number of likely N-dealkylation sites (tertiary alicyclic amines) is 1. The molecule has 6 rings (SSSR count). The SMILES string of the molecule is Cc1cc(-c2[nH]c3ccc(C4CCN(Cc5nnc(C6CC6)o5)CC4)cc3c2C(C)C)c(F)cn1. The van der Waals surface area contributed by atoms with E-state index in [0.717, 1.165) is 61.2 Å². The van der Waals surface area contributed by atoms with Crippen LogP contribution in [0.15, 0.2) is 34.9 Å². The fourth-order valence-electron chi connectivity index (χ4n) is 5.47. The molecule has 0 bridgehead atoms. The van der Waals surface area contributed by atoms with Crippen LogP contribution in [0.1, 0.15) is 85.9 Å². The first-order valence-electron chi connectivity index (χ1n) is 12.8. The maximum absolute atomic E-state index is 14.7. The molecule has 4 heterocycles. The fraction of sp³-hybridized carbons (Fsp3) is 0.464. The molecule has 1 aromatic carbocycles. The number of hydrogen-bond donors (Lipinski definition) is 1. The quantitative estimate of drug-likeness (QED) is 0.349. The molecule has 1 N–H and O–H groups in total. The number of halogens is 1. The van der Waals surface area contributed by atoms with Crippen LogP contribution in [-0.4, -0.2) is 38.2 Å². The maximum Gasteiger partial charge on any atom is 0.230 e. The second kappa shape index (κ2) is 8.86. The number of benzene rings is 1. The molecule has 1 aliphatic carbocycles. The van der Waals surface area contributed by atoms with E-state index in [0.29, 0.717) is 17.4 Å². The summed E-state index contributed by atoms with van der Waals surface area (Å²) in [5, 5.41) is 9.67. The van der Waals surface area contributed by atoms with Gasteiger partial charge in [0.15, 0.2) is 5.82 Å². The second-order valence-corrected chi connectivity index (χ2v) is 10.5. The van der Waals surface area contributed by atoms with Crippen molar-refractivity contribution < 1.29 is 8.81 Å². The van der Waals surface area contributed by atoms with Gasteiger partial charge in [0.05, 0.1) is 18.4 Å². The largest absolute Gasteiger partial charge is 0.424 e. The maximum atomic E-state index is 14.7. The minimum atomic E-state index is -0.290. The van der Waals surface area contributed by atoms with Crippen molar-refractivity contribution in [2.75, 3.05) is 13.1 Å². The zero-order chi connectivity index (χ0) is 24.1. The van der Waals surface area contributed by atoms with Gasteiger partial charge in [-0.15, -0.1) is 10.2 Å². The number of aromatic amines is 1. The van der Waals surface area contributed by atoms with E-state index in [2.05, 4.69) is 57.1 Å². The second-order valence-electron chi connectivity index (χ2n) is 10.5. The average molecular weight is 474 g/mol. The number of aromatic nitrogens is 4. The van der Waals surface area contributed by atoms with Gasteiger partial charge in [-0.1, -0.05) is 19.9 Å². The molecule has 0 amide bonds. The molecule has 0 unspecified atom stereocenters. The Kier molecular flexibility index (Phi) is 5.67. The summed E-state index contributed by atoms with van der Waals surface area (Å²) in [4.78, 5) is 10.0. The number of hydrogen-bond acceptors (Lipinski definition) is 5. The molecule has 1 saturated carbocycles. The number of nitrogens with one attached hydrogen (secondary N) is 1. The first-order valence-corrected chi connectivity index (χ1v) is 12.8.